The molecule has 10 heteroatoms. The van der Waals surface area contributed by atoms with Gasteiger partial charge in [0.2, 0.25) is 17.7 Å². The molecule has 1 unspecified atom stereocenters. The fourth-order valence-corrected chi connectivity index (χ4v) is 6.85. The highest BCUT2D eigenvalue weighted by Gasteiger charge is 2.32. The number of para-hydroxylation sites is 1. The summed E-state index contributed by atoms with van der Waals surface area (Å²) in [5.41, 5.74) is 1.60. The summed E-state index contributed by atoms with van der Waals surface area (Å²) in [5.74, 6) is 3.02. The third-order valence-corrected chi connectivity index (χ3v) is 9.14. The first kappa shape index (κ1) is 26.8. The van der Waals surface area contributed by atoms with Gasteiger partial charge in [0.15, 0.2) is 34.3 Å². The molecule has 0 saturated heterocycles. The molecule has 1 atom stereocenters. The monoisotopic (exact) mass is 638 g/mol. The predicted octanol–water partition coefficient (Wildman–Crippen LogP) is 7.73. The first-order valence-electron chi connectivity index (χ1n) is 15.1. The molecule has 0 saturated carbocycles. The van der Waals surface area contributed by atoms with Crippen LogP contribution in [0.3, 0.4) is 0 Å². The molecule has 4 heterocycles. The third-order valence-electron chi connectivity index (χ3n) is 9.14. The quantitative estimate of drug-likeness (QED) is 0.141. The summed E-state index contributed by atoms with van der Waals surface area (Å²) in [6.45, 7) is 0.0826. The molecule has 0 radical (unpaired) electrons. The van der Waals surface area contributed by atoms with Crippen LogP contribution in [0.25, 0.3) is 65.4 Å². The van der Waals surface area contributed by atoms with Crippen molar-refractivity contribution >= 4 is 65.4 Å². The highest BCUT2D eigenvalue weighted by atomic mass is 16.7. The minimum absolute atomic E-state index is 0.0826. The zero-order chi connectivity index (χ0) is 32.3. The predicted molar refractivity (Wildman–Crippen MR) is 178 cm³/mol. The molecular formula is C38H22O10. The van der Waals surface area contributed by atoms with Crippen LogP contribution in [-0.2, 0) is 0 Å². The van der Waals surface area contributed by atoms with E-state index in [1.165, 1.54) is 7.11 Å². The Bertz CT molecular complexity index is 2850. The van der Waals surface area contributed by atoms with Gasteiger partial charge in [-0.15, -0.1) is 0 Å². The van der Waals surface area contributed by atoms with Crippen molar-refractivity contribution in [2.45, 2.75) is 6.29 Å². The summed E-state index contributed by atoms with van der Waals surface area (Å²) >= 11 is 0. The lowest BCUT2D eigenvalue weighted by atomic mass is 9.99. The Kier molecular flexibility index (Phi) is 5.33. The number of fused-ring (bicyclic) bond motifs is 10. The first-order chi connectivity index (χ1) is 23.5. The Morgan fingerprint density at radius 3 is 2.15 bits per heavy atom. The number of rotatable bonds is 3. The molecule has 6 aromatic carbocycles. The molecule has 2 aliphatic heterocycles. The maximum atomic E-state index is 14.2. The zero-order valence-electron chi connectivity index (χ0n) is 25.4. The molecule has 10 nitrogen and oxygen atoms in total. The highest BCUT2D eigenvalue weighted by Crippen LogP contribution is 2.47. The van der Waals surface area contributed by atoms with Crippen molar-refractivity contribution in [1.29, 1.82) is 0 Å². The van der Waals surface area contributed by atoms with E-state index in [4.69, 9.17) is 37.3 Å². The van der Waals surface area contributed by atoms with Crippen LogP contribution in [0.2, 0.25) is 0 Å². The zero-order valence-corrected chi connectivity index (χ0v) is 25.4. The third kappa shape index (κ3) is 3.62. The second kappa shape index (κ2) is 9.55. The van der Waals surface area contributed by atoms with Gasteiger partial charge in [-0.2, -0.15) is 0 Å². The average molecular weight is 639 g/mol. The van der Waals surface area contributed by atoms with Crippen molar-refractivity contribution in [1.82, 2.24) is 0 Å². The smallest absolute Gasteiger partial charge is 0.271 e. The molecular weight excluding hydrogens is 616 g/mol. The Morgan fingerprint density at radius 2 is 1.31 bits per heavy atom. The topological polar surface area (TPSA) is 116 Å². The fraction of sp³-hybridized carbons (Fsp3) is 0.105. The van der Waals surface area contributed by atoms with Crippen LogP contribution in [0.1, 0.15) is 11.9 Å². The van der Waals surface area contributed by atoms with Crippen molar-refractivity contribution in [3.8, 4) is 34.5 Å². The molecule has 0 bridgehead atoms. The normalized spacial score (nSPS) is 15.0. The summed E-state index contributed by atoms with van der Waals surface area (Å²) in [4.78, 5) is 28.0. The molecule has 10 rings (SSSR count). The van der Waals surface area contributed by atoms with Gasteiger partial charge in [-0.05, 0) is 77.5 Å². The molecule has 0 N–H and O–H groups in total. The largest absolute Gasteiger partial charge is 0.497 e. The summed E-state index contributed by atoms with van der Waals surface area (Å²) in [6.07, 6.45) is -0.972. The second-order valence-corrected chi connectivity index (χ2v) is 11.7. The van der Waals surface area contributed by atoms with Gasteiger partial charge in [-0.1, -0.05) is 12.1 Å². The van der Waals surface area contributed by atoms with Gasteiger partial charge in [-0.25, -0.2) is 0 Å². The Labute approximate surface area is 269 Å². The van der Waals surface area contributed by atoms with Crippen LogP contribution in [0, 0.1) is 0 Å². The molecule has 0 spiro atoms. The fourth-order valence-electron chi connectivity index (χ4n) is 6.85. The summed E-state index contributed by atoms with van der Waals surface area (Å²) < 4.78 is 47.6. The van der Waals surface area contributed by atoms with Crippen LogP contribution in [0.15, 0.2) is 97.3 Å². The van der Waals surface area contributed by atoms with Crippen LogP contribution in [0.5, 0.6) is 34.5 Å². The lowest BCUT2D eigenvalue weighted by Crippen LogP contribution is -2.11. The first-order valence-corrected chi connectivity index (χ1v) is 15.1. The van der Waals surface area contributed by atoms with Gasteiger partial charge < -0.3 is 37.3 Å². The molecule has 234 valence electrons. The van der Waals surface area contributed by atoms with Crippen molar-refractivity contribution in [3.63, 3.8) is 0 Å². The average Bonchev–Trinajstić information content (AvgIpc) is 3.75. The molecule has 0 aliphatic carbocycles. The van der Waals surface area contributed by atoms with Crippen molar-refractivity contribution < 1.29 is 37.3 Å². The van der Waals surface area contributed by atoms with Crippen LogP contribution in [0.4, 0.5) is 0 Å². The van der Waals surface area contributed by atoms with E-state index >= 15 is 0 Å². The molecule has 0 amide bonds. The maximum Gasteiger partial charge on any atom is 0.271 e. The van der Waals surface area contributed by atoms with Crippen molar-refractivity contribution in [3.05, 3.63) is 105 Å². The molecule has 2 aromatic heterocycles. The number of methoxy groups -OCH3 is 2. The minimum Gasteiger partial charge on any atom is -0.497 e. The van der Waals surface area contributed by atoms with E-state index in [1.54, 1.807) is 61.7 Å². The lowest BCUT2D eigenvalue weighted by Gasteiger charge is -2.15. The van der Waals surface area contributed by atoms with E-state index in [0.29, 0.717) is 94.7 Å². The molecule has 0 fully saturated rings. The summed E-state index contributed by atoms with van der Waals surface area (Å²) in [7, 11) is 3.08. The van der Waals surface area contributed by atoms with Crippen LogP contribution in [-0.4, -0.2) is 21.0 Å². The van der Waals surface area contributed by atoms with Gasteiger partial charge in [-0.3, -0.25) is 9.59 Å². The standard InChI is InChI=1S/C38H22O10/c1-41-19-7-9-25-23(13-19)35(40)33-22-14-29-28(43-16-44-29)12-18(22)10-24(37(33)45-25)38-47-30-11-17-6-8-26-32(21(17)15-31(30)48-38)34(39)20-4-3-5-27(42-2)36(20)46-26/h3-15,38H,16H2,1-2H3. The molecule has 2 aliphatic rings. The van der Waals surface area contributed by atoms with Crippen LogP contribution < -0.4 is 39.3 Å². The Hall–Kier alpha value is -6.42. The highest BCUT2D eigenvalue weighted by molar-refractivity contribution is 6.11. The van der Waals surface area contributed by atoms with Gasteiger partial charge in [0, 0.05) is 10.8 Å². The summed E-state index contributed by atoms with van der Waals surface area (Å²) in [6, 6.07) is 23.1. The van der Waals surface area contributed by atoms with Gasteiger partial charge >= 0.3 is 0 Å². The van der Waals surface area contributed by atoms with E-state index in [9.17, 15) is 9.59 Å². The number of hydrogen-bond acceptors (Lipinski definition) is 10. The lowest BCUT2D eigenvalue weighted by molar-refractivity contribution is 0.0494. The van der Waals surface area contributed by atoms with Crippen LogP contribution >= 0.6 is 0 Å². The summed E-state index contributed by atoms with van der Waals surface area (Å²) in [5, 5.41) is 4.32. The van der Waals surface area contributed by atoms with Gasteiger partial charge in [0.1, 0.15) is 22.5 Å². The van der Waals surface area contributed by atoms with Gasteiger partial charge in [0.25, 0.3) is 6.29 Å². The van der Waals surface area contributed by atoms with E-state index < -0.39 is 6.29 Å². The Balaban J connectivity index is 1.18. The number of benzene rings is 6. The van der Waals surface area contributed by atoms with Crippen molar-refractivity contribution in [2.24, 2.45) is 0 Å². The van der Waals surface area contributed by atoms with E-state index in [0.717, 1.165) is 10.8 Å². The van der Waals surface area contributed by atoms with Crippen molar-refractivity contribution in [2.75, 3.05) is 21.0 Å². The van der Waals surface area contributed by atoms with E-state index in [-0.39, 0.29) is 17.7 Å². The van der Waals surface area contributed by atoms with Gasteiger partial charge in [0.05, 0.1) is 41.3 Å². The molecule has 48 heavy (non-hydrogen) atoms. The second-order valence-electron chi connectivity index (χ2n) is 11.7. The Morgan fingerprint density at radius 1 is 0.604 bits per heavy atom. The SMILES string of the molecule is COc1ccc2oc3c(C4Oc5cc6ccc7oc8c(OC)cccc8c(=O)c7c6cc5O4)cc4cc5c(cc4c3c(=O)c2c1)OCO5. The van der Waals surface area contributed by atoms with E-state index in [1.807, 2.05) is 24.3 Å². The number of hydrogen-bond donors (Lipinski definition) is 0. The maximum absolute atomic E-state index is 14.2. The minimum atomic E-state index is -0.972. The van der Waals surface area contributed by atoms with E-state index in [2.05, 4.69) is 0 Å². The molecule has 8 aromatic rings. The number of ether oxygens (including phenoxy) is 6.